The van der Waals surface area contributed by atoms with Crippen LogP contribution in [0, 0.1) is 5.82 Å². The number of hydrogen-bond donors (Lipinski definition) is 4. The fraction of sp³-hybridized carbons (Fsp3) is 0.250. The first-order valence-corrected chi connectivity index (χ1v) is 12.8. The van der Waals surface area contributed by atoms with E-state index in [1.807, 2.05) is 6.07 Å². The second-order valence-electron chi connectivity index (χ2n) is 9.55. The maximum Gasteiger partial charge on any atom is 0.262 e. The molecule has 0 bridgehead atoms. The molecule has 5 rings (SSSR count). The first-order chi connectivity index (χ1) is 19.3. The Morgan fingerprint density at radius 3 is 2.73 bits per heavy atom. The molecule has 11 nitrogen and oxygen atoms in total. The minimum absolute atomic E-state index is 0.0851. The first kappa shape index (κ1) is 26.9. The van der Waals surface area contributed by atoms with Crippen molar-refractivity contribution in [3.05, 3.63) is 77.5 Å². The molecule has 0 spiro atoms. The zero-order chi connectivity index (χ0) is 28.2. The van der Waals surface area contributed by atoms with Gasteiger partial charge in [0.05, 0.1) is 11.8 Å². The van der Waals surface area contributed by atoms with Crippen LogP contribution in [0.4, 0.5) is 27.4 Å². The van der Waals surface area contributed by atoms with E-state index in [0.29, 0.717) is 17.8 Å². The smallest absolute Gasteiger partial charge is 0.262 e. The molecule has 1 amide bonds. The van der Waals surface area contributed by atoms with Crippen molar-refractivity contribution in [3.63, 3.8) is 0 Å². The summed E-state index contributed by atoms with van der Waals surface area (Å²) in [5, 5.41) is 15.3. The second kappa shape index (κ2) is 11.6. The summed E-state index contributed by atoms with van der Waals surface area (Å²) in [6, 6.07) is 11.7. The molecule has 0 saturated carbocycles. The zero-order valence-electron chi connectivity index (χ0n) is 21.9. The molecule has 0 unspecified atom stereocenters. The summed E-state index contributed by atoms with van der Waals surface area (Å²) in [4.78, 5) is 44.3. The summed E-state index contributed by atoms with van der Waals surface area (Å²) in [5.41, 5.74) is 1.72. The lowest BCUT2D eigenvalue weighted by Gasteiger charge is -2.36. The number of carbonyl (C=O) groups excluding carboxylic acids is 1. The zero-order valence-corrected chi connectivity index (χ0v) is 21.9. The summed E-state index contributed by atoms with van der Waals surface area (Å²) in [5.74, 6) is -0.496. The third-order valence-corrected chi connectivity index (χ3v) is 6.51. The predicted octanol–water partition coefficient (Wildman–Crippen LogP) is 2.89. The highest BCUT2D eigenvalue weighted by molar-refractivity contribution is 5.99. The van der Waals surface area contributed by atoms with Gasteiger partial charge in [0, 0.05) is 55.9 Å². The third-order valence-electron chi connectivity index (χ3n) is 6.51. The molecule has 2 aromatic carbocycles. The number of β-amino-alcohol motifs (C(OH)–C–C–N with tert-alkyl or cyclic N) is 1. The first-order valence-electron chi connectivity index (χ1n) is 12.8. The number of carbonyl (C=O) groups is 1. The van der Waals surface area contributed by atoms with Gasteiger partial charge in [-0.1, -0.05) is 18.7 Å². The van der Waals surface area contributed by atoms with Crippen LogP contribution < -0.4 is 21.1 Å². The number of aliphatic hydroxyl groups is 1. The molecule has 1 aliphatic rings. The lowest BCUT2D eigenvalue weighted by molar-refractivity contribution is -0.111. The van der Waals surface area contributed by atoms with Crippen LogP contribution in [0.3, 0.4) is 0 Å². The SMILES string of the molecule is C=CC(=O)Nc1cccc(-c2nc3nc(Nc4ccc(N5CCN(C[C@@H](C)O)CC5)cc4F)ncc3c(=O)[nH]2)c1. The predicted molar refractivity (Wildman–Crippen MR) is 152 cm³/mol. The Labute approximate surface area is 229 Å². The number of amides is 1. The van der Waals surface area contributed by atoms with Crippen molar-refractivity contribution in [2.24, 2.45) is 0 Å². The quantitative estimate of drug-likeness (QED) is 0.247. The number of benzene rings is 2. The van der Waals surface area contributed by atoms with E-state index in [4.69, 9.17) is 0 Å². The molecule has 1 atom stereocenters. The molecule has 0 radical (unpaired) electrons. The Hall–Kier alpha value is -4.68. The summed E-state index contributed by atoms with van der Waals surface area (Å²) in [6.07, 6.45) is 2.11. The molecule has 3 heterocycles. The number of aliphatic hydroxyl groups excluding tert-OH is 1. The average Bonchev–Trinajstić information content (AvgIpc) is 2.94. The van der Waals surface area contributed by atoms with Gasteiger partial charge < -0.3 is 25.6 Å². The Morgan fingerprint density at radius 2 is 2.00 bits per heavy atom. The van der Waals surface area contributed by atoms with Crippen LogP contribution in [0.25, 0.3) is 22.4 Å². The molecule has 40 heavy (non-hydrogen) atoms. The minimum Gasteiger partial charge on any atom is -0.392 e. The van der Waals surface area contributed by atoms with Crippen molar-refractivity contribution in [2.45, 2.75) is 13.0 Å². The van der Waals surface area contributed by atoms with Crippen LogP contribution >= 0.6 is 0 Å². The maximum absolute atomic E-state index is 15.1. The van der Waals surface area contributed by atoms with Crippen molar-refractivity contribution in [3.8, 4) is 11.4 Å². The number of halogens is 1. The lowest BCUT2D eigenvalue weighted by atomic mass is 10.2. The van der Waals surface area contributed by atoms with Crippen LogP contribution in [-0.2, 0) is 4.79 Å². The Morgan fingerprint density at radius 1 is 1.20 bits per heavy atom. The fourth-order valence-corrected chi connectivity index (χ4v) is 4.55. The van der Waals surface area contributed by atoms with Crippen molar-refractivity contribution in [1.82, 2.24) is 24.8 Å². The molecule has 4 N–H and O–H groups in total. The van der Waals surface area contributed by atoms with E-state index in [2.05, 4.69) is 46.9 Å². The van der Waals surface area contributed by atoms with Gasteiger partial charge in [-0.05, 0) is 43.3 Å². The van der Waals surface area contributed by atoms with E-state index in [-0.39, 0.29) is 40.5 Å². The van der Waals surface area contributed by atoms with Crippen LogP contribution in [0.5, 0.6) is 0 Å². The topological polar surface area (TPSA) is 139 Å². The molecule has 12 heteroatoms. The average molecular weight is 545 g/mol. The lowest BCUT2D eigenvalue weighted by Crippen LogP contribution is -2.48. The van der Waals surface area contributed by atoms with Crippen molar-refractivity contribution in [1.29, 1.82) is 0 Å². The van der Waals surface area contributed by atoms with Gasteiger partial charge in [0.25, 0.3) is 5.56 Å². The molecule has 4 aromatic rings. The molecule has 2 aromatic heterocycles. The number of nitrogens with one attached hydrogen (secondary N) is 3. The van der Waals surface area contributed by atoms with E-state index >= 15 is 4.39 Å². The van der Waals surface area contributed by atoms with E-state index in [9.17, 15) is 14.7 Å². The van der Waals surface area contributed by atoms with Crippen LogP contribution in [0.15, 0.2) is 66.1 Å². The summed E-state index contributed by atoms with van der Waals surface area (Å²) >= 11 is 0. The van der Waals surface area contributed by atoms with Crippen molar-refractivity contribution >= 4 is 40.0 Å². The van der Waals surface area contributed by atoms with E-state index < -0.39 is 11.4 Å². The summed E-state index contributed by atoms with van der Waals surface area (Å²) in [7, 11) is 0. The highest BCUT2D eigenvalue weighted by Gasteiger charge is 2.19. The van der Waals surface area contributed by atoms with E-state index in [1.54, 1.807) is 37.3 Å². The number of anilines is 4. The summed E-state index contributed by atoms with van der Waals surface area (Å²) in [6.45, 7) is 8.88. The van der Waals surface area contributed by atoms with Crippen LogP contribution in [-0.4, -0.2) is 74.7 Å². The van der Waals surface area contributed by atoms with Crippen LogP contribution in [0.2, 0.25) is 0 Å². The Balaban J connectivity index is 1.34. The molecule has 1 saturated heterocycles. The van der Waals surface area contributed by atoms with Gasteiger partial charge in [0.1, 0.15) is 17.0 Å². The van der Waals surface area contributed by atoms with Gasteiger partial charge in [-0.2, -0.15) is 4.98 Å². The highest BCUT2D eigenvalue weighted by Crippen LogP contribution is 2.26. The number of rotatable bonds is 8. The van der Waals surface area contributed by atoms with Gasteiger partial charge in [-0.25, -0.2) is 14.4 Å². The molecular formula is C28H29FN8O3. The van der Waals surface area contributed by atoms with Gasteiger partial charge in [0.15, 0.2) is 5.65 Å². The largest absolute Gasteiger partial charge is 0.392 e. The molecule has 1 aliphatic heterocycles. The Bertz CT molecular complexity index is 1620. The normalized spacial score (nSPS) is 14.6. The van der Waals surface area contributed by atoms with Gasteiger partial charge in [0.2, 0.25) is 11.9 Å². The maximum atomic E-state index is 15.1. The minimum atomic E-state index is -0.467. The summed E-state index contributed by atoms with van der Waals surface area (Å²) < 4.78 is 15.1. The fourth-order valence-electron chi connectivity index (χ4n) is 4.55. The van der Waals surface area contributed by atoms with Crippen molar-refractivity contribution in [2.75, 3.05) is 48.3 Å². The Kier molecular flexibility index (Phi) is 7.80. The number of piperazine rings is 1. The number of fused-ring (bicyclic) bond motifs is 1. The third kappa shape index (κ3) is 6.14. The number of aromatic nitrogens is 4. The molecule has 206 valence electrons. The standard InChI is InChI=1S/C28H29FN8O3/c1-3-24(39)31-19-6-4-5-18(13-19)25-33-26-21(27(40)34-25)15-30-28(35-26)32-23-8-7-20(14-22(23)29)37-11-9-36(10-12-37)16-17(2)38/h3-8,13-15,17,38H,1,9-12,16H2,2H3,(H,31,39)(H2,30,32,33,34,35,40)/t17-/m1/s1. The highest BCUT2D eigenvalue weighted by atomic mass is 19.1. The molecule has 1 fully saturated rings. The van der Waals surface area contributed by atoms with Crippen LogP contribution in [0.1, 0.15) is 6.92 Å². The second-order valence-corrected chi connectivity index (χ2v) is 9.55. The van der Waals surface area contributed by atoms with Crippen molar-refractivity contribution < 1.29 is 14.3 Å². The molecule has 0 aliphatic carbocycles. The number of aromatic amines is 1. The van der Waals surface area contributed by atoms with Gasteiger partial charge in [-0.15, -0.1) is 0 Å². The monoisotopic (exact) mass is 544 g/mol. The number of H-pyrrole nitrogens is 1. The van der Waals surface area contributed by atoms with Gasteiger partial charge in [-0.3, -0.25) is 14.5 Å². The molecular weight excluding hydrogens is 515 g/mol. The van der Waals surface area contributed by atoms with E-state index in [0.717, 1.165) is 37.9 Å². The number of hydrogen-bond acceptors (Lipinski definition) is 9. The number of nitrogens with zero attached hydrogens (tertiary/aromatic N) is 5. The van der Waals surface area contributed by atoms with Gasteiger partial charge >= 0.3 is 0 Å². The van der Waals surface area contributed by atoms with E-state index in [1.165, 1.54) is 12.3 Å².